The number of benzene rings is 1. The van der Waals surface area contributed by atoms with E-state index in [1.165, 1.54) is 0 Å². The third-order valence-electron chi connectivity index (χ3n) is 4.19. The summed E-state index contributed by atoms with van der Waals surface area (Å²) in [7, 11) is 0. The normalized spacial score (nSPS) is 16.7. The summed E-state index contributed by atoms with van der Waals surface area (Å²) in [4.78, 5) is 5.44. The van der Waals surface area contributed by atoms with E-state index in [0.29, 0.717) is 30.6 Å². The zero-order valence-corrected chi connectivity index (χ0v) is 14.0. The quantitative estimate of drug-likeness (QED) is 0.560. The Bertz CT molecular complexity index is 991. The van der Waals surface area contributed by atoms with Crippen LogP contribution in [0.15, 0.2) is 58.4 Å². The van der Waals surface area contributed by atoms with Crippen LogP contribution in [0.4, 0.5) is 0 Å². The fraction of sp³-hybridized carbons (Fsp3) is 0.167. The van der Waals surface area contributed by atoms with Crippen LogP contribution in [0.5, 0.6) is 0 Å². The largest absolute Gasteiger partial charge is 0.365 e. The fourth-order valence-corrected chi connectivity index (χ4v) is 3.58. The summed E-state index contributed by atoms with van der Waals surface area (Å²) in [6.45, 7) is 1.18. The molecule has 7 heteroatoms. The SMILES string of the molecule is c1ccc([C@@H]2Cn3nc(-c4nc(-c5cccs5)no4)cc3CO2)cc1. The van der Waals surface area contributed by atoms with E-state index < -0.39 is 0 Å². The van der Waals surface area contributed by atoms with Gasteiger partial charge in [0, 0.05) is 0 Å². The Kier molecular flexibility index (Phi) is 3.46. The summed E-state index contributed by atoms with van der Waals surface area (Å²) >= 11 is 1.58. The lowest BCUT2D eigenvalue weighted by atomic mass is 10.1. The number of nitrogens with zero attached hydrogens (tertiary/aromatic N) is 4. The smallest absolute Gasteiger partial charge is 0.278 e. The van der Waals surface area contributed by atoms with Crippen molar-refractivity contribution in [1.82, 2.24) is 19.9 Å². The zero-order chi connectivity index (χ0) is 16.6. The first kappa shape index (κ1) is 14.6. The minimum atomic E-state index is 0.00538. The van der Waals surface area contributed by atoms with Gasteiger partial charge in [0.05, 0.1) is 23.7 Å². The number of hydrogen-bond donors (Lipinski definition) is 0. The Morgan fingerprint density at radius 2 is 2.04 bits per heavy atom. The molecule has 0 N–H and O–H groups in total. The predicted octanol–water partition coefficient (Wildman–Crippen LogP) is 3.93. The van der Waals surface area contributed by atoms with Crippen LogP contribution in [0.2, 0.25) is 0 Å². The second kappa shape index (κ2) is 5.94. The molecule has 1 aromatic carbocycles. The number of fused-ring (bicyclic) bond motifs is 1. The van der Waals surface area contributed by atoms with Gasteiger partial charge in [-0.2, -0.15) is 10.1 Å². The van der Waals surface area contributed by atoms with E-state index in [-0.39, 0.29) is 6.10 Å². The highest BCUT2D eigenvalue weighted by molar-refractivity contribution is 7.13. The average Bonchev–Trinajstić information content (AvgIpc) is 3.40. The van der Waals surface area contributed by atoms with Gasteiger partial charge in [-0.25, -0.2) is 0 Å². The molecule has 4 aromatic rings. The molecule has 3 aromatic heterocycles. The van der Waals surface area contributed by atoms with Crippen LogP contribution in [0.3, 0.4) is 0 Å². The van der Waals surface area contributed by atoms with Gasteiger partial charge < -0.3 is 9.26 Å². The van der Waals surface area contributed by atoms with Crippen molar-refractivity contribution in [2.75, 3.05) is 0 Å². The molecule has 0 radical (unpaired) electrons. The topological polar surface area (TPSA) is 66.0 Å². The molecule has 0 bridgehead atoms. The molecular formula is C18H14N4O2S. The molecule has 124 valence electrons. The van der Waals surface area contributed by atoms with Gasteiger partial charge in [-0.3, -0.25) is 4.68 Å². The highest BCUT2D eigenvalue weighted by Crippen LogP contribution is 2.29. The maximum absolute atomic E-state index is 5.98. The highest BCUT2D eigenvalue weighted by atomic mass is 32.1. The molecule has 6 nitrogen and oxygen atoms in total. The molecular weight excluding hydrogens is 336 g/mol. The maximum Gasteiger partial charge on any atom is 0.278 e. The van der Waals surface area contributed by atoms with Gasteiger partial charge in [0.1, 0.15) is 6.10 Å². The molecule has 0 saturated carbocycles. The summed E-state index contributed by atoms with van der Waals surface area (Å²) in [6, 6.07) is 16.1. The van der Waals surface area contributed by atoms with Crippen molar-refractivity contribution in [1.29, 1.82) is 0 Å². The molecule has 1 atom stereocenters. The number of aromatic nitrogens is 4. The van der Waals surface area contributed by atoms with Crippen LogP contribution in [0, 0.1) is 0 Å². The lowest BCUT2D eigenvalue weighted by molar-refractivity contribution is -0.00113. The minimum Gasteiger partial charge on any atom is -0.365 e. The monoisotopic (exact) mass is 350 g/mol. The Hall–Kier alpha value is -2.77. The second-order valence-corrected chi connectivity index (χ2v) is 6.76. The van der Waals surface area contributed by atoms with Crippen LogP contribution < -0.4 is 0 Å². The van der Waals surface area contributed by atoms with Crippen LogP contribution in [0.25, 0.3) is 22.3 Å². The number of thiophene rings is 1. The van der Waals surface area contributed by atoms with Crippen molar-refractivity contribution >= 4 is 11.3 Å². The number of ether oxygens (including phenoxy) is 1. The van der Waals surface area contributed by atoms with Crippen LogP contribution in [-0.2, 0) is 17.9 Å². The van der Waals surface area contributed by atoms with Gasteiger partial charge in [-0.15, -0.1) is 11.3 Å². The second-order valence-electron chi connectivity index (χ2n) is 5.81. The summed E-state index contributed by atoms with van der Waals surface area (Å²) in [5.41, 5.74) is 2.85. The molecule has 0 aliphatic carbocycles. The third-order valence-corrected chi connectivity index (χ3v) is 5.06. The van der Waals surface area contributed by atoms with Crippen molar-refractivity contribution in [3.63, 3.8) is 0 Å². The average molecular weight is 350 g/mol. The molecule has 0 fully saturated rings. The van der Waals surface area contributed by atoms with Crippen LogP contribution >= 0.6 is 11.3 Å². The van der Waals surface area contributed by atoms with Crippen LogP contribution in [-0.4, -0.2) is 19.9 Å². The van der Waals surface area contributed by atoms with Crippen molar-refractivity contribution in [2.45, 2.75) is 19.3 Å². The Morgan fingerprint density at radius 3 is 2.88 bits per heavy atom. The summed E-state index contributed by atoms with van der Waals surface area (Å²) < 4.78 is 13.3. The minimum absolute atomic E-state index is 0.00538. The fourth-order valence-electron chi connectivity index (χ4n) is 2.93. The molecule has 0 amide bonds. The lowest BCUT2D eigenvalue weighted by Crippen LogP contribution is -2.21. The van der Waals surface area contributed by atoms with Gasteiger partial charge in [0.25, 0.3) is 5.89 Å². The van der Waals surface area contributed by atoms with E-state index in [9.17, 15) is 0 Å². The Morgan fingerprint density at radius 1 is 1.12 bits per heavy atom. The molecule has 0 unspecified atom stereocenters. The van der Waals surface area contributed by atoms with E-state index in [2.05, 4.69) is 27.4 Å². The van der Waals surface area contributed by atoms with Gasteiger partial charge >= 0.3 is 0 Å². The van der Waals surface area contributed by atoms with Gasteiger partial charge in [-0.05, 0) is 23.1 Å². The molecule has 25 heavy (non-hydrogen) atoms. The van der Waals surface area contributed by atoms with E-state index in [4.69, 9.17) is 9.26 Å². The van der Waals surface area contributed by atoms with Gasteiger partial charge in [-0.1, -0.05) is 41.6 Å². The standard InChI is InChI=1S/C18H14N4O2S/c1-2-5-12(6-3-1)15-10-22-13(11-23-15)9-14(20-22)18-19-17(21-24-18)16-7-4-8-25-16/h1-9,15H,10-11H2/t15-/m0/s1. The van der Waals surface area contributed by atoms with E-state index >= 15 is 0 Å². The van der Waals surface area contributed by atoms with Crippen LogP contribution in [0.1, 0.15) is 17.4 Å². The van der Waals surface area contributed by atoms with Gasteiger partial charge in [0.2, 0.25) is 5.82 Å². The first-order chi connectivity index (χ1) is 12.4. The zero-order valence-electron chi connectivity index (χ0n) is 13.2. The van der Waals surface area contributed by atoms with Crippen molar-refractivity contribution in [3.05, 3.63) is 65.2 Å². The number of rotatable bonds is 3. The van der Waals surface area contributed by atoms with E-state index in [1.54, 1.807) is 11.3 Å². The summed E-state index contributed by atoms with van der Waals surface area (Å²) in [6.07, 6.45) is 0.00538. The van der Waals surface area contributed by atoms with Crippen molar-refractivity contribution in [3.8, 4) is 22.3 Å². The molecule has 0 spiro atoms. The van der Waals surface area contributed by atoms with E-state index in [0.717, 1.165) is 16.1 Å². The predicted molar refractivity (Wildman–Crippen MR) is 92.8 cm³/mol. The first-order valence-corrected chi connectivity index (χ1v) is 8.86. The summed E-state index contributed by atoms with van der Waals surface area (Å²) in [5.74, 6) is 1.02. The van der Waals surface area contributed by atoms with Gasteiger partial charge in [0.15, 0.2) is 5.69 Å². The molecule has 5 rings (SSSR count). The Labute approximate surface area is 147 Å². The molecule has 4 heterocycles. The van der Waals surface area contributed by atoms with E-state index in [1.807, 2.05) is 46.5 Å². The highest BCUT2D eigenvalue weighted by Gasteiger charge is 2.24. The van der Waals surface area contributed by atoms with Crippen molar-refractivity contribution in [2.24, 2.45) is 0 Å². The lowest BCUT2D eigenvalue weighted by Gasteiger charge is -2.24. The Balaban J connectivity index is 1.42. The van der Waals surface area contributed by atoms with Crippen molar-refractivity contribution < 1.29 is 9.26 Å². The third kappa shape index (κ3) is 2.67. The molecule has 0 saturated heterocycles. The number of hydrogen-bond acceptors (Lipinski definition) is 6. The molecule has 1 aliphatic rings. The molecule has 1 aliphatic heterocycles. The summed E-state index contributed by atoms with van der Waals surface area (Å²) in [5, 5.41) is 10.7. The maximum atomic E-state index is 5.98. The first-order valence-electron chi connectivity index (χ1n) is 7.98.